The molecular weight excluding hydrogens is 220 g/mol. The number of hydrogen-bond acceptors (Lipinski definition) is 3. The molecule has 0 aromatic rings. The summed E-state index contributed by atoms with van der Waals surface area (Å²) in [5, 5.41) is 0. The SMILES string of the molecule is CCS(=O)(=O)N(CCC(N)=S)C(C)C. The summed E-state index contributed by atoms with van der Waals surface area (Å²) in [4.78, 5) is 0.349. The monoisotopic (exact) mass is 238 g/mol. The maximum atomic E-state index is 11.6. The van der Waals surface area contributed by atoms with Crippen LogP contribution in [-0.4, -0.2) is 36.1 Å². The Balaban J connectivity index is 4.54. The molecule has 0 saturated carbocycles. The van der Waals surface area contributed by atoms with Crippen molar-refractivity contribution in [2.45, 2.75) is 33.2 Å². The van der Waals surface area contributed by atoms with Crippen LogP contribution in [-0.2, 0) is 10.0 Å². The summed E-state index contributed by atoms with van der Waals surface area (Å²) in [5.74, 6) is 0.114. The second-order valence-electron chi connectivity index (χ2n) is 3.32. The van der Waals surface area contributed by atoms with Gasteiger partial charge in [-0.3, -0.25) is 0 Å². The van der Waals surface area contributed by atoms with Crippen LogP contribution >= 0.6 is 12.2 Å². The highest BCUT2D eigenvalue weighted by molar-refractivity contribution is 7.89. The van der Waals surface area contributed by atoms with Crippen molar-refractivity contribution in [1.29, 1.82) is 0 Å². The number of nitrogens with two attached hydrogens (primary N) is 1. The summed E-state index contributed by atoms with van der Waals surface area (Å²) in [5.41, 5.74) is 5.34. The molecule has 0 aliphatic rings. The lowest BCUT2D eigenvalue weighted by Crippen LogP contribution is -2.39. The molecule has 0 unspecified atom stereocenters. The van der Waals surface area contributed by atoms with E-state index < -0.39 is 10.0 Å². The first kappa shape index (κ1) is 13.8. The zero-order valence-corrected chi connectivity index (χ0v) is 10.5. The average molecular weight is 238 g/mol. The molecule has 0 heterocycles. The van der Waals surface area contributed by atoms with E-state index in [0.717, 1.165) is 0 Å². The van der Waals surface area contributed by atoms with Gasteiger partial charge in [0.2, 0.25) is 10.0 Å². The minimum atomic E-state index is -3.14. The fourth-order valence-corrected chi connectivity index (χ4v) is 2.54. The van der Waals surface area contributed by atoms with Crippen molar-refractivity contribution >= 4 is 27.2 Å². The van der Waals surface area contributed by atoms with Crippen LogP contribution in [0.2, 0.25) is 0 Å². The van der Waals surface area contributed by atoms with Crippen LogP contribution in [0, 0.1) is 0 Å². The lowest BCUT2D eigenvalue weighted by Gasteiger charge is -2.24. The summed E-state index contributed by atoms with van der Waals surface area (Å²) in [6.07, 6.45) is 0.437. The van der Waals surface area contributed by atoms with Crippen molar-refractivity contribution in [3.05, 3.63) is 0 Å². The Hall–Kier alpha value is -0.200. The van der Waals surface area contributed by atoms with Crippen LogP contribution < -0.4 is 5.73 Å². The van der Waals surface area contributed by atoms with E-state index >= 15 is 0 Å². The molecule has 0 aliphatic heterocycles. The maximum absolute atomic E-state index is 11.6. The van der Waals surface area contributed by atoms with Crippen LogP contribution in [0.4, 0.5) is 0 Å². The fraction of sp³-hybridized carbons (Fsp3) is 0.875. The third kappa shape index (κ3) is 4.34. The zero-order chi connectivity index (χ0) is 11.4. The van der Waals surface area contributed by atoms with Gasteiger partial charge in [-0.15, -0.1) is 0 Å². The van der Waals surface area contributed by atoms with Gasteiger partial charge in [-0.05, 0) is 20.8 Å². The minimum absolute atomic E-state index is 0.0469. The smallest absolute Gasteiger partial charge is 0.214 e. The van der Waals surface area contributed by atoms with Gasteiger partial charge in [0.15, 0.2) is 0 Å². The van der Waals surface area contributed by atoms with Crippen molar-refractivity contribution in [1.82, 2.24) is 4.31 Å². The number of rotatable bonds is 6. The van der Waals surface area contributed by atoms with E-state index in [0.29, 0.717) is 18.0 Å². The molecule has 0 amide bonds. The van der Waals surface area contributed by atoms with Crippen LogP contribution in [0.25, 0.3) is 0 Å². The first-order valence-electron chi connectivity index (χ1n) is 4.59. The second-order valence-corrected chi connectivity index (χ2v) is 6.06. The molecular formula is C8H18N2O2S2. The molecule has 0 bridgehead atoms. The van der Waals surface area contributed by atoms with Gasteiger partial charge in [-0.1, -0.05) is 12.2 Å². The fourth-order valence-electron chi connectivity index (χ4n) is 1.10. The number of thiocarbonyl (C=S) groups is 1. The van der Waals surface area contributed by atoms with Crippen LogP contribution in [0.5, 0.6) is 0 Å². The van der Waals surface area contributed by atoms with Gasteiger partial charge in [-0.2, -0.15) is 4.31 Å². The van der Waals surface area contributed by atoms with E-state index in [-0.39, 0.29) is 11.8 Å². The molecule has 0 fully saturated rings. The highest BCUT2D eigenvalue weighted by atomic mass is 32.2. The Labute approximate surface area is 91.5 Å². The molecule has 4 nitrogen and oxygen atoms in total. The Morgan fingerprint density at radius 2 is 2.00 bits per heavy atom. The molecule has 14 heavy (non-hydrogen) atoms. The lowest BCUT2D eigenvalue weighted by atomic mass is 10.3. The number of nitrogens with zero attached hydrogens (tertiary/aromatic N) is 1. The standard InChI is InChI=1S/C8H18N2O2S2/c1-4-14(11,12)10(7(2)3)6-5-8(9)13/h7H,4-6H2,1-3H3,(H2,9,13). The van der Waals surface area contributed by atoms with Crippen LogP contribution in [0.3, 0.4) is 0 Å². The van der Waals surface area contributed by atoms with Gasteiger partial charge < -0.3 is 5.73 Å². The first-order chi connectivity index (χ1) is 6.31. The molecule has 0 radical (unpaired) electrons. The summed E-state index contributed by atoms with van der Waals surface area (Å²) < 4.78 is 24.6. The molecule has 0 aromatic heterocycles. The van der Waals surface area contributed by atoms with Gasteiger partial charge in [-0.25, -0.2) is 8.42 Å². The van der Waals surface area contributed by atoms with Crippen LogP contribution in [0.15, 0.2) is 0 Å². The molecule has 6 heteroatoms. The van der Waals surface area contributed by atoms with E-state index in [2.05, 4.69) is 0 Å². The first-order valence-corrected chi connectivity index (χ1v) is 6.60. The van der Waals surface area contributed by atoms with Gasteiger partial charge in [0.05, 0.1) is 10.7 Å². The minimum Gasteiger partial charge on any atom is -0.393 e. The largest absolute Gasteiger partial charge is 0.393 e. The summed E-state index contributed by atoms with van der Waals surface area (Å²) >= 11 is 4.72. The maximum Gasteiger partial charge on any atom is 0.214 e. The molecule has 0 rings (SSSR count). The Bertz CT molecular complexity index is 286. The summed E-state index contributed by atoms with van der Waals surface area (Å²) in [6, 6.07) is -0.0469. The van der Waals surface area contributed by atoms with E-state index in [1.807, 2.05) is 13.8 Å². The van der Waals surface area contributed by atoms with Crippen molar-refractivity contribution in [2.75, 3.05) is 12.3 Å². The summed E-state index contributed by atoms with van der Waals surface area (Å²) in [6.45, 7) is 5.69. The van der Waals surface area contributed by atoms with Crippen molar-refractivity contribution in [3.63, 3.8) is 0 Å². The topological polar surface area (TPSA) is 63.4 Å². The van der Waals surface area contributed by atoms with E-state index in [1.165, 1.54) is 4.31 Å². The van der Waals surface area contributed by atoms with Gasteiger partial charge in [0.25, 0.3) is 0 Å². The number of sulfonamides is 1. The van der Waals surface area contributed by atoms with Gasteiger partial charge in [0.1, 0.15) is 0 Å². The van der Waals surface area contributed by atoms with Crippen molar-refractivity contribution in [2.24, 2.45) is 5.73 Å². The van der Waals surface area contributed by atoms with E-state index in [1.54, 1.807) is 6.92 Å². The number of hydrogen-bond donors (Lipinski definition) is 1. The molecule has 0 aliphatic carbocycles. The third-order valence-electron chi connectivity index (χ3n) is 1.88. The summed E-state index contributed by atoms with van der Waals surface area (Å²) in [7, 11) is -3.14. The quantitative estimate of drug-likeness (QED) is 0.693. The van der Waals surface area contributed by atoms with Crippen LogP contribution in [0.1, 0.15) is 27.2 Å². The Morgan fingerprint density at radius 1 is 1.50 bits per heavy atom. The van der Waals surface area contributed by atoms with E-state index in [9.17, 15) is 8.42 Å². The lowest BCUT2D eigenvalue weighted by molar-refractivity contribution is 0.363. The molecule has 84 valence electrons. The normalized spacial score (nSPS) is 12.4. The van der Waals surface area contributed by atoms with Gasteiger partial charge in [0, 0.05) is 19.0 Å². The molecule has 0 saturated heterocycles. The van der Waals surface area contributed by atoms with E-state index in [4.69, 9.17) is 18.0 Å². The molecule has 0 aromatic carbocycles. The van der Waals surface area contributed by atoms with Gasteiger partial charge >= 0.3 is 0 Å². The van der Waals surface area contributed by atoms with Crippen molar-refractivity contribution in [3.8, 4) is 0 Å². The average Bonchev–Trinajstić information content (AvgIpc) is 2.03. The molecule has 2 N–H and O–H groups in total. The predicted molar refractivity (Wildman–Crippen MR) is 62.7 cm³/mol. The Kier molecular flexibility index (Phi) is 5.54. The third-order valence-corrected chi connectivity index (χ3v) is 4.13. The highest BCUT2D eigenvalue weighted by Crippen LogP contribution is 2.08. The predicted octanol–water partition coefficient (Wildman–Crippen LogP) is 0.723. The Morgan fingerprint density at radius 3 is 2.29 bits per heavy atom. The molecule has 0 atom stereocenters. The second kappa shape index (κ2) is 5.63. The van der Waals surface area contributed by atoms with Crippen molar-refractivity contribution < 1.29 is 8.42 Å². The zero-order valence-electron chi connectivity index (χ0n) is 8.86. The molecule has 0 spiro atoms. The highest BCUT2D eigenvalue weighted by Gasteiger charge is 2.22.